The van der Waals surface area contributed by atoms with E-state index in [0.29, 0.717) is 6.54 Å². The number of nitrogens with zero attached hydrogens (tertiary/aromatic N) is 2. The fraction of sp³-hybridized carbons (Fsp3) is 0.300. The maximum Gasteiger partial charge on any atom is 0.0610 e. The summed E-state index contributed by atoms with van der Waals surface area (Å²) in [4.78, 5) is 4.20. The maximum absolute atomic E-state index is 8.83. The molecule has 0 spiro atoms. The number of pyridine rings is 1. The Morgan fingerprint density at radius 1 is 1.46 bits per heavy atom. The number of aliphatic hydroxyl groups excluding tert-OH is 1. The topological polar surface area (TPSA) is 38.0 Å². The van der Waals surface area contributed by atoms with E-state index in [0.717, 1.165) is 16.6 Å². The highest BCUT2D eigenvalue weighted by Crippen LogP contribution is 2.17. The Balaban J connectivity index is 2.61. The molecular weight excluding hydrogens is 164 g/mol. The van der Waals surface area contributed by atoms with E-state index in [9.17, 15) is 0 Å². The van der Waals surface area contributed by atoms with E-state index in [4.69, 9.17) is 5.11 Å². The summed E-state index contributed by atoms with van der Waals surface area (Å²) in [6.07, 6.45) is 3.78. The second kappa shape index (κ2) is 3.18. The molecule has 0 amide bonds. The van der Waals surface area contributed by atoms with Gasteiger partial charge in [-0.05, 0) is 19.1 Å². The SMILES string of the molecule is Cc1nccc2c1ccn2CCO. The first-order valence-electron chi connectivity index (χ1n) is 4.34. The summed E-state index contributed by atoms with van der Waals surface area (Å²) >= 11 is 0. The van der Waals surface area contributed by atoms with Crippen molar-refractivity contribution >= 4 is 10.9 Å². The van der Waals surface area contributed by atoms with Crippen LogP contribution >= 0.6 is 0 Å². The lowest BCUT2D eigenvalue weighted by Gasteiger charge is -2.02. The minimum absolute atomic E-state index is 0.172. The minimum atomic E-state index is 0.172. The second-order valence-corrected chi connectivity index (χ2v) is 3.06. The molecule has 3 nitrogen and oxygen atoms in total. The van der Waals surface area contributed by atoms with Crippen LogP contribution < -0.4 is 0 Å². The van der Waals surface area contributed by atoms with E-state index in [2.05, 4.69) is 4.98 Å². The standard InChI is InChI=1S/C10H12N2O/c1-8-9-3-5-12(6-7-13)10(9)2-4-11-8/h2-5,13H,6-7H2,1H3. The average Bonchev–Trinajstić information content (AvgIpc) is 2.51. The molecule has 0 fully saturated rings. The van der Waals surface area contributed by atoms with Crippen molar-refractivity contribution in [1.29, 1.82) is 0 Å². The van der Waals surface area contributed by atoms with Crippen LogP contribution in [0.5, 0.6) is 0 Å². The molecule has 0 radical (unpaired) electrons. The summed E-state index contributed by atoms with van der Waals surface area (Å²) in [5, 5.41) is 9.99. The lowest BCUT2D eigenvalue weighted by Crippen LogP contribution is -1.99. The molecule has 2 heterocycles. The van der Waals surface area contributed by atoms with Gasteiger partial charge in [0.05, 0.1) is 12.1 Å². The van der Waals surface area contributed by atoms with Gasteiger partial charge in [-0.15, -0.1) is 0 Å². The van der Waals surface area contributed by atoms with Gasteiger partial charge in [-0.2, -0.15) is 0 Å². The smallest absolute Gasteiger partial charge is 0.0610 e. The minimum Gasteiger partial charge on any atom is -0.395 e. The molecule has 0 saturated heterocycles. The normalized spacial score (nSPS) is 10.9. The van der Waals surface area contributed by atoms with Crippen LogP contribution in [-0.4, -0.2) is 21.3 Å². The molecule has 13 heavy (non-hydrogen) atoms. The lowest BCUT2D eigenvalue weighted by molar-refractivity contribution is 0.278. The van der Waals surface area contributed by atoms with Gasteiger partial charge < -0.3 is 9.67 Å². The summed E-state index contributed by atoms with van der Waals surface area (Å²) in [5.41, 5.74) is 2.18. The van der Waals surface area contributed by atoms with Crippen molar-refractivity contribution in [3.8, 4) is 0 Å². The van der Waals surface area contributed by atoms with Crippen LogP contribution in [0.25, 0.3) is 10.9 Å². The van der Waals surface area contributed by atoms with E-state index in [-0.39, 0.29) is 6.61 Å². The monoisotopic (exact) mass is 176 g/mol. The summed E-state index contributed by atoms with van der Waals surface area (Å²) < 4.78 is 2.03. The molecule has 0 aliphatic rings. The molecule has 0 saturated carbocycles. The largest absolute Gasteiger partial charge is 0.395 e. The van der Waals surface area contributed by atoms with E-state index in [1.54, 1.807) is 6.20 Å². The van der Waals surface area contributed by atoms with Crippen LogP contribution in [0.1, 0.15) is 5.69 Å². The van der Waals surface area contributed by atoms with E-state index < -0.39 is 0 Å². The van der Waals surface area contributed by atoms with Crippen LogP contribution in [-0.2, 0) is 6.54 Å². The lowest BCUT2D eigenvalue weighted by atomic mass is 10.2. The van der Waals surface area contributed by atoms with Gasteiger partial charge in [0.25, 0.3) is 0 Å². The molecule has 0 atom stereocenters. The summed E-state index contributed by atoms with van der Waals surface area (Å²) in [6.45, 7) is 2.81. The van der Waals surface area contributed by atoms with Crippen molar-refractivity contribution in [2.24, 2.45) is 0 Å². The number of rotatable bonds is 2. The van der Waals surface area contributed by atoms with Gasteiger partial charge in [0.1, 0.15) is 0 Å². The van der Waals surface area contributed by atoms with E-state index in [1.807, 2.05) is 29.8 Å². The van der Waals surface area contributed by atoms with Gasteiger partial charge >= 0.3 is 0 Å². The van der Waals surface area contributed by atoms with Gasteiger partial charge in [0, 0.05) is 30.0 Å². The van der Waals surface area contributed by atoms with Crippen molar-refractivity contribution < 1.29 is 5.11 Å². The number of hydrogen-bond acceptors (Lipinski definition) is 2. The number of aliphatic hydroxyl groups is 1. The first-order valence-corrected chi connectivity index (χ1v) is 4.34. The first-order chi connectivity index (χ1) is 6.33. The zero-order valence-corrected chi connectivity index (χ0v) is 7.57. The second-order valence-electron chi connectivity index (χ2n) is 3.06. The number of aryl methyl sites for hydroxylation is 1. The molecule has 2 rings (SSSR count). The molecule has 0 unspecified atom stereocenters. The summed E-state index contributed by atoms with van der Waals surface area (Å²) in [5.74, 6) is 0. The Morgan fingerprint density at radius 3 is 3.08 bits per heavy atom. The number of aromatic nitrogens is 2. The quantitative estimate of drug-likeness (QED) is 0.749. The predicted octanol–water partition coefficient (Wildman–Crippen LogP) is 1.34. The molecule has 3 heteroatoms. The van der Waals surface area contributed by atoms with Gasteiger partial charge in [-0.1, -0.05) is 0 Å². The maximum atomic E-state index is 8.83. The van der Waals surface area contributed by atoms with E-state index in [1.165, 1.54) is 0 Å². The zero-order chi connectivity index (χ0) is 9.26. The van der Waals surface area contributed by atoms with Crippen LogP contribution in [0, 0.1) is 6.92 Å². The van der Waals surface area contributed by atoms with Gasteiger partial charge in [-0.3, -0.25) is 4.98 Å². The Labute approximate surface area is 76.6 Å². The molecule has 0 aliphatic heterocycles. The molecule has 0 bridgehead atoms. The Bertz CT molecular complexity index is 420. The highest BCUT2D eigenvalue weighted by molar-refractivity contribution is 5.81. The van der Waals surface area contributed by atoms with Gasteiger partial charge in [0.15, 0.2) is 0 Å². The van der Waals surface area contributed by atoms with Crippen molar-refractivity contribution in [2.75, 3.05) is 6.61 Å². The molecule has 2 aromatic rings. The van der Waals surface area contributed by atoms with Gasteiger partial charge in [-0.25, -0.2) is 0 Å². The van der Waals surface area contributed by atoms with Crippen molar-refractivity contribution in [2.45, 2.75) is 13.5 Å². The highest BCUT2D eigenvalue weighted by Gasteiger charge is 2.02. The fourth-order valence-electron chi connectivity index (χ4n) is 1.57. The molecule has 0 aromatic carbocycles. The first kappa shape index (κ1) is 8.26. The molecule has 68 valence electrons. The predicted molar refractivity (Wildman–Crippen MR) is 51.6 cm³/mol. The van der Waals surface area contributed by atoms with Gasteiger partial charge in [0.2, 0.25) is 0 Å². The Kier molecular flexibility index (Phi) is 2.02. The molecule has 0 aliphatic carbocycles. The zero-order valence-electron chi connectivity index (χ0n) is 7.57. The average molecular weight is 176 g/mol. The molecule has 1 N–H and O–H groups in total. The van der Waals surface area contributed by atoms with Crippen molar-refractivity contribution in [1.82, 2.24) is 9.55 Å². The summed E-state index contributed by atoms with van der Waals surface area (Å²) in [7, 11) is 0. The third-order valence-electron chi connectivity index (χ3n) is 2.24. The number of fused-ring (bicyclic) bond motifs is 1. The van der Waals surface area contributed by atoms with Crippen LogP contribution in [0.3, 0.4) is 0 Å². The molecular formula is C10H12N2O. The third-order valence-corrected chi connectivity index (χ3v) is 2.24. The van der Waals surface area contributed by atoms with E-state index >= 15 is 0 Å². The van der Waals surface area contributed by atoms with Crippen LogP contribution in [0.4, 0.5) is 0 Å². The van der Waals surface area contributed by atoms with Crippen LogP contribution in [0.2, 0.25) is 0 Å². The van der Waals surface area contributed by atoms with Crippen molar-refractivity contribution in [3.63, 3.8) is 0 Å². The highest BCUT2D eigenvalue weighted by atomic mass is 16.3. The Morgan fingerprint density at radius 2 is 2.31 bits per heavy atom. The third kappa shape index (κ3) is 1.31. The summed E-state index contributed by atoms with van der Waals surface area (Å²) in [6, 6.07) is 4.01. The van der Waals surface area contributed by atoms with Crippen LogP contribution in [0.15, 0.2) is 24.5 Å². The molecule has 2 aromatic heterocycles. The van der Waals surface area contributed by atoms with Crippen molar-refractivity contribution in [3.05, 3.63) is 30.2 Å². The Hall–Kier alpha value is -1.35. The fourth-order valence-corrected chi connectivity index (χ4v) is 1.57. The number of hydrogen-bond donors (Lipinski definition) is 1.